The molecule has 1 aromatic carbocycles. The highest BCUT2D eigenvalue weighted by molar-refractivity contribution is 5.80. The number of ether oxygens (including phenoxy) is 2. The molecule has 0 radical (unpaired) electrons. The second kappa shape index (κ2) is 10.1. The molecular weight excluding hydrogens is 256 g/mol. The van der Waals surface area contributed by atoms with Crippen molar-refractivity contribution in [2.75, 3.05) is 26.4 Å². The van der Waals surface area contributed by atoms with Gasteiger partial charge in [-0.15, -0.1) is 0 Å². The van der Waals surface area contributed by atoms with Gasteiger partial charge in [0, 0.05) is 0 Å². The number of unbranched alkanes of at least 4 members (excludes halogenated alkanes) is 1. The zero-order chi connectivity index (χ0) is 14.6. The van der Waals surface area contributed by atoms with Gasteiger partial charge < -0.3 is 20.0 Å². The van der Waals surface area contributed by atoms with Gasteiger partial charge in [-0.05, 0) is 37.1 Å². The molecule has 0 saturated heterocycles. The van der Waals surface area contributed by atoms with Crippen LogP contribution in [0.25, 0.3) is 0 Å². The van der Waals surface area contributed by atoms with Crippen LogP contribution in [-0.4, -0.2) is 37.7 Å². The Labute approximate surface area is 120 Å². The van der Waals surface area contributed by atoms with Crippen LogP contribution in [0.2, 0.25) is 0 Å². The number of hydrogen-bond acceptors (Lipinski definition) is 5. The fraction of sp³-hybridized carbons (Fsp3) is 0.533. The minimum absolute atomic E-state index is 0.0613. The monoisotopic (exact) mass is 280 g/mol. The molecule has 0 fully saturated rings. The summed E-state index contributed by atoms with van der Waals surface area (Å²) in [5, 5.41) is 12.7. The molecule has 5 nitrogen and oxygen atoms in total. The normalized spacial score (nSPS) is 10.8. The van der Waals surface area contributed by atoms with Crippen LogP contribution in [0.15, 0.2) is 23.3 Å². The summed E-state index contributed by atoms with van der Waals surface area (Å²) < 4.78 is 11.3. The first-order chi connectivity index (χ1) is 9.81. The van der Waals surface area contributed by atoms with Crippen molar-refractivity contribution in [1.29, 1.82) is 0 Å². The highest BCUT2D eigenvalue weighted by atomic mass is 16.5. The number of rotatable bonds is 10. The van der Waals surface area contributed by atoms with E-state index in [4.69, 9.17) is 14.6 Å². The van der Waals surface area contributed by atoms with E-state index in [1.807, 2.05) is 25.1 Å². The summed E-state index contributed by atoms with van der Waals surface area (Å²) >= 11 is 0. The van der Waals surface area contributed by atoms with Crippen LogP contribution in [0.3, 0.4) is 0 Å². The van der Waals surface area contributed by atoms with Gasteiger partial charge in [0.1, 0.15) is 0 Å². The molecule has 0 heterocycles. The van der Waals surface area contributed by atoms with Gasteiger partial charge in [-0.2, -0.15) is 5.10 Å². The summed E-state index contributed by atoms with van der Waals surface area (Å²) in [5.41, 5.74) is 3.66. The van der Waals surface area contributed by atoms with Crippen molar-refractivity contribution >= 4 is 6.21 Å². The van der Waals surface area contributed by atoms with E-state index in [1.54, 1.807) is 6.21 Å². The molecule has 0 aliphatic heterocycles. The van der Waals surface area contributed by atoms with Gasteiger partial charge in [-0.25, -0.2) is 0 Å². The van der Waals surface area contributed by atoms with Gasteiger partial charge in [0.2, 0.25) is 0 Å². The molecule has 0 aliphatic rings. The maximum Gasteiger partial charge on any atom is 0.161 e. The Bertz CT molecular complexity index is 408. The largest absolute Gasteiger partial charge is 0.490 e. The average Bonchev–Trinajstić information content (AvgIpc) is 2.46. The van der Waals surface area contributed by atoms with Crippen LogP contribution in [0, 0.1) is 0 Å². The second-order valence-electron chi connectivity index (χ2n) is 4.23. The third kappa shape index (κ3) is 5.93. The summed E-state index contributed by atoms with van der Waals surface area (Å²) in [6, 6.07) is 5.72. The third-order valence-electron chi connectivity index (χ3n) is 2.55. The molecule has 0 unspecified atom stereocenters. The summed E-state index contributed by atoms with van der Waals surface area (Å²) in [7, 11) is 0. The lowest BCUT2D eigenvalue weighted by atomic mass is 10.2. The molecule has 1 aromatic rings. The maximum absolute atomic E-state index is 8.64. The average molecular weight is 280 g/mol. The van der Waals surface area contributed by atoms with Crippen LogP contribution in [0.4, 0.5) is 0 Å². The smallest absolute Gasteiger partial charge is 0.161 e. The van der Waals surface area contributed by atoms with Crippen molar-refractivity contribution in [2.45, 2.75) is 26.7 Å². The van der Waals surface area contributed by atoms with E-state index in [9.17, 15) is 0 Å². The quantitative estimate of drug-likeness (QED) is 0.392. The lowest BCUT2D eigenvalue weighted by Gasteiger charge is -2.12. The SMILES string of the molecule is CCCCOc1ccc(C=NNCCO)cc1OCC. The predicted molar refractivity (Wildman–Crippen MR) is 80.7 cm³/mol. The molecule has 112 valence electrons. The Kier molecular flexibility index (Phi) is 8.22. The van der Waals surface area contributed by atoms with Crippen molar-refractivity contribution in [1.82, 2.24) is 5.43 Å². The van der Waals surface area contributed by atoms with Gasteiger partial charge in [-0.1, -0.05) is 13.3 Å². The molecule has 5 heteroatoms. The van der Waals surface area contributed by atoms with E-state index < -0.39 is 0 Å². The number of hydrogen-bond donors (Lipinski definition) is 2. The first kappa shape index (κ1) is 16.3. The molecule has 0 aromatic heterocycles. The van der Waals surface area contributed by atoms with Crippen LogP contribution >= 0.6 is 0 Å². The number of nitrogens with zero attached hydrogens (tertiary/aromatic N) is 1. The van der Waals surface area contributed by atoms with E-state index >= 15 is 0 Å². The van der Waals surface area contributed by atoms with Crippen molar-refractivity contribution in [3.05, 3.63) is 23.8 Å². The van der Waals surface area contributed by atoms with Crippen LogP contribution in [0.1, 0.15) is 32.3 Å². The standard InChI is InChI=1S/C15H24N2O3/c1-3-5-10-20-14-7-6-13(11-15(14)19-4-2)12-17-16-8-9-18/h6-7,11-12,16,18H,3-5,8-10H2,1-2H3. The van der Waals surface area contributed by atoms with Crippen molar-refractivity contribution < 1.29 is 14.6 Å². The van der Waals surface area contributed by atoms with Gasteiger partial charge in [0.25, 0.3) is 0 Å². The number of aliphatic hydroxyl groups excluding tert-OH is 1. The molecule has 1 rings (SSSR count). The van der Waals surface area contributed by atoms with Crippen LogP contribution < -0.4 is 14.9 Å². The van der Waals surface area contributed by atoms with Gasteiger partial charge in [-0.3, -0.25) is 0 Å². The van der Waals surface area contributed by atoms with Gasteiger partial charge >= 0.3 is 0 Å². The van der Waals surface area contributed by atoms with E-state index in [1.165, 1.54) is 0 Å². The predicted octanol–water partition coefficient (Wildman–Crippen LogP) is 2.18. The van der Waals surface area contributed by atoms with Crippen LogP contribution in [-0.2, 0) is 0 Å². The summed E-state index contributed by atoms with van der Waals surface area (Å²) in [4.78, 5) is 0. The topological polar surface area (TPSA) is 63.1 Å². The molecule has 20 heavy (non-hydrogen) atoms. The lowest BCUT2D eigenvalue weighted by Crippen LogP contribution is -2.11. The molecule has 0 atom stereocenters. The lowest BCUT2D eigenvalue weighted by molar-refractivity contribution is 0.272. The fourth-order valence-corrected chi connectivity index (χ4v) is 1.55. The Morgan fingerprint density at radius 2 is 2.10 bits per heavy atom. The first-order valence-electron chi connectivity index (χ1n) is 7.08. The van der Waals surface area contributed by atoms with Crippen LogP contribution in [0.5, 0.6) is 11.5 Å². The minimum Gasteiger partial charge on any atom is -0.490 e. The third-order valence-corrected chi connectivity index (χ3v) is 2.55. The molecule has 0 aliphatic carbocycles. The Morgan fingerprint density at radius 1 is 1.25 bits per heavy atom. The summed E-state index contributed by atoms with van der Waals surface area (Å²) in [6.07, 6.45) is 3.82. The highest BCUT2D eigenvalue weighted by Gasteiger charge is 2.05. The number of hydrazone groups is 1. The fourth-order valence-electron chi connectivity index (χ4n) is 1.55. The van der Waals surface area contributed by atoms with E-state index in [0.29, 0.717) is 19.8 Å². The van der Waals surface area contributed by atoms with Gasteiger partial charge in [0.15, 0.2) is 11.5 Å². The van der Waals surface area contributed by atoms with Crippen molar-refractivity contribution in [3.8, 4) is 11.5 Å². The summed E-state index contributed by atoms with van der Waals surface area (Å²) in [6.45, 7) is 5.86. The Hall–Kier alpha value is -1.75. The zero-order valence-electron chi connectivity index (χ0n) is 12.3. The minimum atomic E-state index is 0.0613. The van der Waals surface area contributed by atoms with E-state index in [0.717, 1.165) is 29.9 Å². The summed E-state index contributed by atoms with van der Waals surface area (Å²) in [5.74, 6) is 1.50. The van der Waals surface area contributed by atoms with Crippen molar-refractivity contribution in [3.63, 3.8) is 0 Å². The first-order valence-corrected chi connectivity index (χ1v) is 7.08. The molecule has 2 N–H and O–H groups in total. The number of benzene rings is 1. The molecule has 0 saturated carbocycles. The zero-order valence-corrected chi connectivity index (χ0v) is 12.3. The van der Waals surface area contributed by atoms with E-state index in [2.05, 4.69) is 17.5 Å². The Morgan fingerprint density at radius 3 is 2.80 bits per heavy atom. The van der Waals surface area contributed by atoms with Crippen molar-refractivity contribution in [2.24, 2.45) is 5.10 Å². The molecule has 0 bridgehead atoms. The van der Waals surface area contributed by atoms with Gasteiger partial charge in [0.05, 0.1) is 32.6 Å². The second-order valence-corrected chi connectivity index (χ2v) is 4.23. The highest BCUT2D eigenvalue weighted by Crippen LogP contribution is 2.28. The molecule has 0 amide bonds. The number of nitrogens with one attached hydrogen (secondary N) is 1. The number of aliphatic hydroxyl groups is 1. The Balaban J connectivity index is 2.69. The molecular formula is C15H24N2O3. The van der Waals surface area contributed by atoms with E-state index in [-0.39, 0.29) is 6.61 Å². The maximum atomic E-state index is 8.64. The molecule has 0 spiro atoms.